The van der Waals surface area contributed by atoms with Gasteiger partial charge in [0.25, 0.3) is 0 Å². The van der Waals surface area contributed by atoms with Crippen LogP contribution in [0.4, 0.5) is 0 Å². The van der Waals surface area contributed by atoms with E-state index in [0.29, 0.717) is 18.7 Å². The Balaban J connectivity index is 2.36. The van der Waals surface area contributed by atoms with Crippen LogP contribution in [-0.2, 0) is 11.3 Å². The van der Waals surface area contributed by atoms with Gasteiger partial charge in [-0.1, -0.05) is 0 Å². The molecule has 0 aliphatic carbocycles. The molecule has 1 aromatic heterocycles. The van der Waals surface area contributed by atoms with Crippen LogP contribution < -0.4 is 10.6 Å². The van der Waals surface area contributed by atoms with E-state index in [1.165, 1.54) is 0 Å². The molecule has 0 atom stereocenters. The minimum Gasteiger partial charge on any atom is -0.355 e. The summed E-state index contributed by atoms with van der Waals surface area (Å²) < 4.78 is 0. The molecule has 86 valence electrons. The number of hydrogen-bond acceptors (Lipinski definition) is 4. The lowest BCUT2D eigenvalue weighted by Gasteiger charge is -2.04. The monoisotopic (exact) mass is 221 g/mol. The van der Waals surface area contributed by atoms with E-state index in [-0.39, 0.29) is 12.5 Å². The first kappa shape index (κ1) is 12.3. The standard InChI is InChI=1S/C11H15N3O2/c1-2-13-11(16)7-12-6-10-5-9(8-15)3-4-14-10/h3-5,8,12H,2,6-7H2,1H3,(H,13,16). The van der Waals surface area contributed by atoms with Crippen molar-refractivity contribution < 1.29 is 9.59 Å². The van der Waals surface area contributed by atoms with Crippen LogP contribution in [0.25, 0.3) is 0 Å². The molecule has 1 heterocycles. The van der Waals surface area contributed by atoms with Gasteiger partial charge < -0.3 is 10.6 Å². The van der Waals surface area contributed by atoms with Crippen LogP contribution >= 0.6 is 0 Å². The summed E-state index contributed by atoms with van der Waals surface area (Å²) in [5.41, 5.74) is 1.33. The van der Waals surface area contributed by atoms with Gasteiger partial charge in [0.2, 0.25) is 5.91 Å². The molecule has 16 heavy (non-hydrogen) atoms. The van der Waals surface area contributed by atoms with Crippen molar-refractivity contribution in [1.29, 1.82) is 0 Å². The van der Waals surface area contributed by atoms with Gasteiger partial charge in [-0.05, 0) is 19.1 Å². The molecule has 0 saturated carbocycles. The number of pyridine rings is 1. The number of nitrogens with one attached hydrogen (secondary N) is 2. The molecular weight excluding hydrogens is 206 g/mol. The van der Waals surface area contributed by atoms with E-state index >= 15 is 0 Å². The smallest absolute Gasteiger partial charge is 0.233 e. The number of hydrogen-bond donors (Lipinski definition) is 2. The number of carbonyl (C=O) groups excluding carboxylic acids is 2. The topological polar surface area (TPSA) is 71.1 Å². The Bertz CT molecular complexity index is 366. The van der Waals surface area contributed by atoms with Gasteiger partial charge in [-0.2, -0.15) is 0 Å². The third-order valence-corrected chi connectivity index (χ3v) is 1.94. The first-order valence-electron chi connectivity index (χ1n) is 5.13. The zero-order valence-corrected chi connectivity index (χ0v) is 9.19. The maximum Gasteiger partial charge on any atom is 0.233 e. The number of aromatic nitrogens is 1. The van der Waals surface area contributed by atoms with E-state index in [4.69, 9.17) is 0 Å². The summed E-state index contributed by atoms with van der Waals surface area (Å²) in [5.74, 6) is -0.0472. The fraction of sp³-hybridized carbons (Fsp3) is 0.364. The summed E-state index contributed by atoms with van der Waals surface area (Å²) >= 11 is 0. The molecule has 0 fully saturated rings. The third-order valence-electron chi connectivity index (χ3n) is 1.94. The zero-order valence-electron chi connectivity index (χ0n) is 9.19. The molecular formula is C11H15N3O2. The first-order valence-corrected chi connectivity index (χ1v) is 5.13. The molecule has 1 aromatic rings. The van der Waals surface area contributed by atoms with Gasteiger partial charge in [-0.15, -0.1) is 0 Å². The predicted molar refractivity (Wildman–Crippen MR) is 60.0 cm³/mol. The summed E-state index contributed by atoms with van der Waals surface area (Å²) in [6, 6.07) is 3.33. The van der Waals surface area contributed by atoms with Gasteiger partial charge in [0.15, 0.2) is 0 Å². The van der Waals surface area contributed by atoms with Crippen LogP contribution in [0.15, 0.2) is 18.3 Å². The van der Waals surface area contributed by atoms with E-state index in [1.807, 2.05) is 6.92 Å². The largest absolute Gasteiger partial charge is 0.355 e. The Kier molecular flexibility index (Phi) is 5.15. The SMILES string of the molecule is CCNC(=O)CNCc1cc(C=O)ccn1. The zero-order chi connectivity index (χ0) is 11.8. The lowest BCUT2D eigenvalue weighted by atomic mass is 10.2. The first-order chi connectivity index (χ1) is 7.76. The molecule has 2 N–H and O–H groups in total. The van der Waals surface area contributed by atoms with Crippen molar-refractivity contribution in [2.45, 2.75) is 13.5 Å². The van der Waals surface area contributed by atoms with Crippen molar-refractivity contribution in [3.8, 4) is 0 Å². The minimum absolute atomic E-state index is 0.0472. The lowest BCUT2D eigenvalue weighted by Crippen LogP contribution is -2.33. The average Bonchev–Trinajstić information content (AvgIpc) is 2.30. The Morgan fingerprint density at radius 1 is 1.56 bits per heavy atom. The highest BCUT2D eigenvalue weighted by molar-refractivity contribution is 5.77. The van der Waals surface area contributed by atoms with Crippen molar-refractivity contribution in [3.05, 3.63) is 29.6 Å². The van der Waals surface area contributed by atoms with Crippen molar-refractivity contribution >= 4 is 12.2 Å². The van der Waals surface area contributed by atoms with Gasteiger partial charge in [-0.25, -0.2) is 0 Å². The Labute approximate surface area is 94.3 Å². The maximum absolute atomic E-state index is 11.1. The van der Waals surface area contributed by atoms with Crippen LogP contribution in [0.3, 0.4) is 0 Å². The summed E-state index contributed by atoms with van der Waals surface area (Å²) in [6.45, 7) is 3.21. The normalized spacial score (nSPS) is 9.81. The van der Waals surface area contributed by atoms with Gasteiger partial charge >= 0.3 is 0 Å². The second-order valence-corrected chi connectivity index (χ2v) is 3.26. The highest BCUT2D eigenvalue weighted by Crippen LogP contribution is 1.98. The van der Waals surface area contributed by atoms with Crippen LogP contribution in [-0.4, -0.2) is 30.3 Å². The summed E-state index contributed by atoms with van der Waals surface area (Å²) in [6.07, 6.45) is 2.35. The van der Waals surface area contributed by atoms with Gasteiger partial charge in [0.05, 0.1) is 12.2 Å². The number of nitrogens with zero attached hydrogens (tertiary/aromatic N) is 1. The Morgan fingerprint density at radius 3 is 3.06 bits per heavy atom. The molecule has 0 saturated heterocycles. The molecule has 0 spiro atoms. The predicted octanol–water partition coefficient (Wildman–Crippen LogP) is 0.120. The van der Waals surface area contributed by atoms with E-state index in [0.717, 1.165) is 12.0 Å². The second-order valence-electron chi connectivity index (χ2n) is 3.26. The van der Waals surface area contributed by atoms with Crippen molar-refractivity contribution in [2.24, 2.45) is 0 Å². The average molecular weight is 221 g/mol. The van der Waals surface area contributed by atoms with E-state index < -0.39 is 0 Å². The molecule has 0 bridgehead atoms. The third kappa shape index (κ3) is 4.18. The van der Waals surface area contributed by atoms with Gasteiger partial charge in [0, 0.05) is 24.8 Å². The fourth-order valence-electron chi connectivity index (χ4n) is 1.23. The van der Waals surface area contributed by atoms with Crippen LogP contribution in [0.5, 0.6) is 0 Å². The Hall–Kier alpha value is -1.75. The molecule has 5 nitrogen and oxygen atoms in total. The Morgan fingerprint density at radius 2 is 2.38 bits per heavy atom. The minimum atomic E-state index is -0.0472. The molecule has 1 amide bonds. The summed E-state index contributed by atoms with van der Waals surface area (Å²) in [4.78, 5) is 25.7. The van der Waals surface area contributed by atoms with E-state index in [1.54, 1.807) is 18.3 Å². The highest BCUT2D eigenvalue weighted by atomic mass is 16.1. The molecule has 0 unspecified atom stereocenters. The molecule has 0 aliphatic heterocycles. The molecule has 0 radical (unpaired) electrons. The highest BCUT2D eigenvalue weighted by Gasteiger charge is 2.00. The number of likely N-dealkylation sites (N-methyl/N-ethyl adjacent to an activating group) is 1. The van der Waals surface area contributed by atoms with Crippen LogP contribution in [0, 0.1) is 0 Å². The van der Waals surface area contributed by atoms with Crippen molar-refractivity contribution in [3.63, 3.8) is 0 Å². The molecule has 0 aliphatic rings. The van der Waals surface area contributed by atoms with Crippen LogP contribution in [0.1, 0.15) is 23.0 Å². The quantitative estimate of drug-likeness (QED) is 0.669. The summed E-state index contributed by atoms with van der Waals surface area (Å²) in [5, 5.41) is 5.62. The van der Waals surface area contributed by atoms with E-state index in [2.05, 4.69) is 15.6 Å². The molecule has 5 heteroatoms. The van der Waals surface area contributed by atoms with E-state index in [9.17, 15) is 9.59 Å². The molecule has 1 rings (SSSR count). The van der Waals surface area contributed by atoms with Gasteiger partial charge in [-0.3, -0.25) is 14.6 Å². The van der Waals surface area contributed by atoms with Gasteiger partial charge in [0.1, 0.15) is 6.29 Å². The van der Waals surface area contributed by atoms with Crippen LogP contribution in [0.2, 0.25) is 0 Å². The maximum atomic E-state index is 11.1. The number of rotatable bonds is 6. The lowest BCUT2D eigenvalue weighted by molar-refractivity contribution is -0.120. The van der Waals surface area contributed by atoms with Crippen molar-refractivity contribution in [2.75, 3.05) is 13.1 Å². The molecule has 0 aromatic carbocycles. The number of amides is 1. The summed E-state index contributed by atoms with van der Waals surface area (Å²) in [7, 11) is 0. The second kappa shape index (κ2) is 6.68. The number of aldehydes is 1. The number of carbonyl (C=O) groups is 2. The van der Waals surface area contributed by atoms with Crippen molar-refractivity contribution in [1.82, 2.24) is 15.6 Å². The fourth-order valence-corrected chi connectivity index (χ4v) is 1.23.